The fourth-order valence-corrected chi connectivity index (χ4v) is 2.14. The first-order valence-corrected chi connectivity index (χ1v) is 7.63. The molecule has 126 valence electrons. The Morgan fingerprint density at radius 3 is 2.54 bits per heavy atom. The number of halogens is 1. The van der Waals surface area contributed by atoms with Crippen molar-refractivity contribution < 1.29 is 14.0 Å². The zero-order valence-corrected chi connectivity index (χ0v) is 13.5. The topological polar surface area (TPSA) is 61.4 Å². The molecule has 0 saturated heterocycles. The lowest BCUT2D eigenvalue weighted by molar-refractivity contribution is -0.116. The Hall–Kier alpha value is -2.89. The molecule has 0 aliphatic carbocycles. The van der Waals surface area contributed by atoms with Gasteiger partial charge in [-0.3, -0.25) is 4.79 Å². The SMILES string of the molecule is CN(Cc1ccccc1)C(=O)NCCC(=O)Nc1cccc(F)c1. The van der Waals surface area contributed by atoms with E-state index in [1.165, 1.54) is 18.2 Å². The molecule has 0 unspecified atom stereocenters. The lowest BCUT2D eigenvalue weighted by Crippen LogP contribution is -2.38. The number of anilines is 1. The number of nitrogens with one attached hydrogen (secondary N) is 2. The summed E-state index contributed by atoms with van der Waals surface area (Å²) in [5.74, 6) is -0.699. The van der Waals surface area contributed by atoms with Gasteiger partial charge in [-0.25, -0.2) is 9.18 Å². The van der Waals surface area contributed by atoms with Crippen LogP contribution in [0.5, 0.6) is 0 Å². The van der Waals surface area contributed by atoms with Crippen LogP contribution in [0.3, 0.4) is 0 Å². The van der Waals surface area contributed by atoms with Crippen molar-refractivity contribution >= 4 is 17.6 Å². The third kappa shape index (κ3) is 5.72. The van der Waals surface area contributed by atoms with Crippen molar-refractivity contribution in [1.82, 2.24) is 10.2 Å². The van der Waals surface area contributed by atoms with Crippen molar-refractivity contribution in [2.75, 3.05) is 18.9 Å². The predicted molar refractivity (Wildman–Crippen MR) is 91.0 cm³/mol. The predicted octanol–water partition coefficient (Wildman–Crippen LogP) is 3.00. The molecule has 0 saturated carbocycles. The van der Waals surface area contributed by atoms with Crippen molar-refractivity contribution in [1.29, 1.82) is 0 Å². The molecule has 0 heterocycles. The number of benzene rings is 2. The number of amides is 3. The first-order chi connectivity index (χ1) is 11.5. The second-order valence-corrected chi connectivity index (χ2v) is 5.38. The van der Waals surface area contributed by atoms with Gasteiger partial charge < -0.3 is 15.5 Å². The van der Waals surface area contributed by atoms with E-state index in [2.05, 4.69) is 10.6 Å². The van der Waals surface area contributed by atoms with Gasteiger partial charge in [0.1, 0.15) is 5.82 Å². The maximum absolute atomic E-state index is 13.0. The molecule has 6 heteroatoms. The van der Waals surface area contributed by atoms with E-state index in [4.69, 9.17) is 0 Å². The highest BCUT2D eigenvalue weighted by Gasteiger charge is 2.09. The molecule has 24 heavy (non-hydrogen) atoms. The van der Waals surface area contributed by atoms with Gasteiger partial charge in [0.2, 0.25) is 5.91 Å². The van der Waals surface area contributed by atoms with Crippen LogP contribution in [-0.4, -0.2) is 30.4 Å². The van der Waals surface area contributed by atoms with Crippen molar-refractivity contribution in [2.24, 2.45) is 0 Å². The maximum Gasteiger partial charge on any atom is 0.317 e. The standard InChI is InChI=1S/C18H20FN3O2/c1-22(13-14-6-3-2-4-7-14)18(24)20-11-10-17(23)21-16-9-5-8-15(19)12-16/h2-9,12H,10-11,13H2,1H3,(H,20,24)(H,21,23). The van der Waals surface area contributed by atoms with Crippen molar-refractivity contribution in [3.63, 3.8) is 0 Å². The minimum absolute atomic E-state index is 0.113. The Kier molecular flexibility index (Phi) is 6.31. The van der Waals surface area contributed by atoms with Gasteiger partial charge in [-0.2, -0.15) is 0 Å². The summed E-state index contributed by atoms with van der Waals surface area (Å²) in [7, 11) is 1.69. The molecule has 0 spiro atoms. The number of hydrogen-bond donors (Lipinski definition) is 2. The van der Waals surface area contributed by atoms with Crippen molar-refractivity contribution in [2.45, 2.75) is 13.0 Å². The van der Waals surface area contributed by atoms with Crippen molar-refractivity contribution in [3.05, 3.63) is 66.0 Å². The molecule has 0 bridgehead atoms. The quantitative estimate of drug-likeness (QED) is 0.856. The minimum atomic E-state index is -0.413. The second-order valence-electron chi connectivity index (χ2n) is 5.38. The Morgan fingerprint density at radius 2 is 1.83 bits per heavy atom. The number of rotatable bonds is 6. The van der Waals surface area contributed by atoms with E-state index in [0.29, 0.717) is 12.2 Å². The van der Waals surface area contributed by atoms with Crippen LogP contribution in [-0.2, 0) is 11.3 Å². The summed E-state index contributed by atoms with van der Waals surface area (Å²) in [6.07, 6.45) is 0.113. The van der Waals surface area contributed by atoms with Crippen molar-refractivity contribution in [3.8, 4) is 0 Å². The molecule has 0 aliphatic rings. The van der Waals surface area contributed by atoms with E-state index in [-0.39, 0.29) is 24.9 Å². The largest absolute Gasteiger partial charge is 0.337 e. The summed E-state index contributed by atoms with van der Waals surface area (Å²) in [5, 5.41) is 5.26. The first kappa shape index (κ1) is 17.5. The number of carbonyl (C=O) groups excluding carboxylic acids is 2. The molecule has 0 fully saturated rings. The third-order valence-electron chi connectivity index (χ3n) is 3.35. The van der Waals surface area contributed by atoms with Gasteiger partial charge in [-0.05, 0) is 23.8 Å². The van der Waals surface area contributed by atoms with E-state index in [0.717, 1.165) is 5.56 Å². The molecule has 2 aromatic carbocycles. The molecule has 2 rings (SSSR count). The van der Waals surface area contributed by atoms with Crippen LogP contribution in [0.15, 0.2) is 54.6 Å². The molecular formula is C18H20FN3O2. The maximum atomic E-state index is 13.0. The number of carbonyl (C=O) groups is 2. The highest BCUT2D eigenvalue weighted by atomic mass is 19.1. The van der Waals surface area contributed by atoms with Gasteiger partial charge in [0.15, 0.2) is 0 Å². The van der Waals surface area contributed by atoms with Gasteiger partial charge in [0, 0.05) is 32.2 Å². The van der Waals surface area contributed by atoms with Gasteiger partial charge in [0.05, 0.1) is 0 Å². The Balaban J connectivity index is 1.71. The summed E-state index contributed by atoms with van der Waals surface area (Å²) in [6, 6.07) is 15.0. The molecular weight excluding hydrogens is 309 g/mol. The average molecular weight is 329 g/mol. The lowest BCUT2D eigenvalue weighted by Gasteiger charge is -2.18. The zero-order valence-electron chi connectivity index (χ0n) is 13.5. The number of urea groups is 1. The molecule has 2 N–H and O–H groups in total. The zero-order chi connectivity index (χ0) is 17.4. The molecule has 0 aromatic heterocycles. The smallest absolute Gasteiger partial charge is 0.317 e. The van der Waals surface area contributed by atoms with E-state index in [1.54, 1.807) is 18.0 Å². The van der Waals surface area contributed by atoms with Crippen LogP contribution in [0.4, 0.5) is 14.9 Å². The van der Waals surface area contributed by atoms with Gasteiger partial charge in [-0.15, -0.1) is 0 Å². The fraction of sp³-hybridized carbons (Fsp3) is 0.222. The highest BCUT2D eigenvalue weighted by Crippen LogP contribution is 2.09. The van der Waals surface area contributed by atoms with E-state index < -0.39 is 5.82 Å². The molecule has 0 radical (unpaired) electrons. The first-order valence-electron chi connectivity index (χ1n) is 7.63. The normalized spacial score (nSPS) is 10.1. The average Bonchev–Trinajstić information content (AvgIpc) is 2.55. The lowest BCUT2D eigenvalue weighted by atomic mass is 10.2. The Labute approximate surface area is 140 Å². The van der Waals surface area contributed by atoms with Gasteiger partial charge in [0.25, 0.3) is 0 Å². The third-order valence-corrected chi connectivity index (χ3v) is 3.35. The van der Waals surface area contributed by atoms with Crippen LogP contribution < -0.4 is 10.6 Å². The number of hydrogen-bond acceptors (Lipinski definition) is 2. The molecule has 0 atom stereocenters. The van der Waals surface area contributed by atoms with Crippen LogP contribution >= 0.6 is 0 Å². The molecule has 2 aromatic rings. The van der Waals surface area contributed by atoms with Crippen LogP contribution in [0.1, 0.15) is 12.0 Å². The summed E-state index contributed by atoms with van der Waals surface area (Å²) < 4.78 is 13.0. The number of nitrogens with zero attached hydrogens (tertiary/aromatic N) is 1. The fourth-order valence-electron chi connectivity index (χ4n) is 2.14. The van der Waals surface area contributed by atoms with Crippen LogP contribution in [0.2, 0.25) is 0 Å². The minimum Gasteiger partial charge on any atom is -0.337 e. The molecule has 0 aliphatic heterocycles. The summed E-state index contributed by atoms with van der Waals surface area (Å²) in [5.41, 5.74) is 1.42. The van der Waals surface area contributed by atoms with E-state index >= 15 is 0 Å². The van der Waals surface area contributed by atoms with Crippen LogP contribution in [0.25, 0.3) is 0 Å². The summed E-state index contributed by atoms with van der Waals surface area (Å²) >= 11 is 0. The van der Waals surface area contributed by atoms with E-state index in [9.17, 15) is 14.0 Å². The summed E-state index contributed by atoms with van der Waals surface area (Å²) in [6.45, 7) is 0.696. The van der Waals surface area contributed by atoms with Gasteiger partial charge in [-0.1, -0.05) is 36.4 Å². The van der Waals surface area contributed by atoms with Gasteiger partial charge >= 0.3 is 6.03 Å². The summed E-state index contributed by atoms with van der Waals surface area (Å²) in [4.78, 5) is 25.3. The highest BCUT2D eigenvalue weighted by molar-refractivity contribution is 5.91. The second kappa shape index (κ2) is 8.67. The van der Waals surface area contributed by atoms with Crippen LogP contribution in [0, 0.1) is 5.82 Å². The molecule has 3 amide bonds. The molecule has 5 nitrogen and oxygen atoms in total. The van der Waals surface area contributed by atoms with E-state index in [1.807, 2.05) is 30.3 Å². The monoisotopic (exact) mass is 329 g/mol. The Morgan fingerprint density at radius 1 is 1.08 bits per heavy atom. The Bertz CT molecular complexity index is 692.